The minimum atomic E-state index is -1.24. The second-order valence-corrected chi connectivity index (χ2v) is 5.72. The van der Waals surface area contributed by atoms with Gasteiger partial charge in [0.25, 0.3) is 0 Å². The Bertz CT molecular complexity index is 986. The molecule has 0 aliphatic rings. The van der Waals surface area contributed by atoms with Crippen LogP contribution in [-0.4, -0.2) is 27.1 Å². The topological polar surface area (TPSA) is 121 Å². The molecule has 0 bridgehead atoms. The Morgan fingerprint density at radius 3 is 1.96 bits per heavy atom. The number of nitrogens with zero attached hydrogens (tertiary/aromatic N) is 3. The lowest BCUT2D eigenvalue weighted by Crippen LogP contribution is -2.01. The SMILES string of the molecule is O=C(O)c1cc(N=Nc2ccc(OCc3ccncc3)cc2)cc(C(=O)O)c1. The van der Waals surface area contributed by atoms with Crippen LogP contribution >= 0.6 is 0 Å². The van der Waals surface area contributed by atoms with Crippen molar-refractivity contribution in [3.63, 3.8) is 0 Å². The molecule has 2 aromatic carbocycles. The number of aromatic carboxylic acids is 2. The van der Waals surface area contributed by atoms with Crippen molar-refractivity contribution in [2.75, 3.05) is 0 Å². The number of hydrogen-bond acceptors (Lipinski definition) is 6. The van der Waals surface area contributed by atoms with Crippen molar-refractivity contribution in [1.82, 2.24) is 4.98 Å². The molecule has 2 N–H and O–H groups in total. The first-order valence-corrected chi connectivity index (χ1v) is 8.16. The molecule has 3 aromatic rings. The summed E-state index contributed by atoms with van der Waals surface area (Å²) in [5.74, 6) is -1.83. The number of aromatic nitrogens is 1. The second kappa shape index (κ2) is 8.54. The Kier molecular flexibility index (Phi) is 5.71. The molecular formula is C20H15N3O5. The fourth-order valence-corrected chi connectivity index (χ4v) is 2.29. The molecule has 0 aliphatic heterocycles. The second-order valence-electron chi connectivity index (χ2n) is 5.72. The van der Waals surface area contributed by atoms with Gasteiger partial charge in [0.1, 0.15) is 12.4 Å². The lowest BCUT2D eigenvalue weighted by Gasteiger charge is -2.06. The smallest absolute Gasteiger partial charge is 0.335 e. The zero-order valence-corrected chi connectivity index (χ0v) is 14.5. The number of hydrogen-bond donors (Lipinski definition) is 2. The number of azo groups is 1. The predicted molar refractivity (Wildman–Crippen MR) is 99.5 cm³/mol. The molecule has 28 heavy (non-hydrogen) atoms. The quantitative estimate of drug-likeness (QED) is 0.586. The fraction of sp³-hybridized carbons (Fsp3) is 0.0500. The fourth-order valence-electron chi connectivity index (χ4n) is 2.29. The Balaban J connectivity index is 1.70. The lowest BCUT2D eigenvalue weighted by atomic mass is 10.1. The minimum Gasteiger partial charge on any atom is -0.489 e. The maximum absolute atomic E-state index is 11.1. The van der Waals surface area contributed by atoms with Gasteiger partial charge >= 0.3 is 11.9 Å². The highest BCUT2D eigenvalue weighted by Crippen LogP contribution is 2.24. The van der Waals surface area contributed by atoms with Crippen LogP contribution < -0.4 is 4.74 Å². The number of benzene rings is 2. The molecule has 3 rings (SSSR count). The van der Waals surface area contributed by atoms with Gasteiger partial charge in [-0.15, -0.1) is 0 Å². The van der Waals surface area contributed by atoms with E-state index in [1.165, 1.54) is 12.1 Å². The summed E-state index contributed by atoms with van der Waals surface area (Å²) < 4.78 is 5.66. The Labute approximate surface area is 159 Å². The van der Waals surface area contributed by atoms with Crippen LogP contribution in [0.2, 0.25) is 0 Å². The molecule has 0 saturated heterocycles. The van der Waals surface area contributed by atoms with Crippen LogP contribution in [0.5, 0.6) is 5.75 Å². The van der Waals surface area contributed by atoms with Gasteiger partial charge in [0, 0.05) is 12.4 Å². The Morgan fingerprint density at radius 1 is 0.821 bits per heavy atom. The molecule has 1 heterocycles. The minimum absolute atomic E-state index is 0.135. The number of carboxylic acids is 2. The van der Waals surface area contributed by atoms with Gasteiger partial charge in [-0.2, -0.15) is 10.2 Å². The van der Waals surface area contributed by atoms with Gasteiger partial charge in [-0.25, -0.2) is 9.59 Å². The average molecular weight is 377 g/mol. The lowest BCUT2D eigenvalue weighted by molar-refractivity contribution is 0.0696. The summed E-state index contributed by atoms with van der Waals surface area (Å²) in [6, 6.07) is 14.1. The van der Waals surface area contributed by atoms with E-state index in [9.17, 15) is 9.59 Å². The summed E-state index contributed by atoms with van der Waals surface area (Å²) in [5.41, 5.74) is 1.29. The maximum atomic E-state index is 11.1. The Morgan fingerprint density at radius 2 is 1.39 bits per heavy atom. The van der Waals surface area contributed by atoms with E-state index in [0.717, 1.165) is 11.6 Å². The van der Waals surface area contributed by atoms with E-state index in [1.54, 1.807) is 36.7 Å². The first kappa shape index (κ1) is 18.7. The van der Waals surface area contributed by atoms with Gasteiger partial charge in [0.15, 0.2) is 0 Å². The molecule has 8 nitrogen and oxygen atoms in total. The number of rotatable bonds is 7. The van der Waals surface area contributed by atoms with E-state index in [4.69, 9.17) is 14.9 Å². The van der Waals surface area contributed by atoms with Gasteiger partial charge in [-0.05, 0) is 60.2 Å². The Hall–Kier alpha value is -4.07. The van der Waals surface area contributed by atoms with Crippen molar-refractivity contribution in [2.24, 2.45) is 10.2 Å². The van der Waals surface area contributed by atoms with Crippen molar-refractivity contribution < 1.29 is 24.5 Å². The standard InChI is InChI=1S/C20H15N3O5/c24-19(25)14-9-15(20(26)27)11-17(10-14)23-22-16-1-3-18(4-2-16)28-12-13-5-7-21-8-6-13/h1-11H,12H2,(H,24,25)(H,26,27). The third kappa shape index (κ3) is 4.98. The van der Waals surface area contributed by atoms with Crippen molar-refractivity contribution in [3.05, 3.63) is 83.7 Å². The zero-order chi connectivity index (χ0) is 19.9. The van der Waals surface area contributed by atoms with Crippen molar-refractivity contribution >= 4 is 23.3 Å². The van der Waals surface area contributed by atoms with Crippen LogP contribution in [-0.2, 0) is 6.61 Å². The largest absolute Gasteiger partial charge is 0.489 e. The maximum Gasteiger partial charge on any atom is 0.335 e. The summed E-state index contributed by atoms with van der Waals surface area (Å²) >= 11 is 0. The van der Waals surface area contributed by atoms with Crippen LogP contribution in [0.4, 0.5) is 11.4 Å². The first-order valence-electron chi connectivity index (χ1n) is 8.16. The van der Waals surface area contributed by atoms with Crippen molar-refractivity contribution in [2.45, 2.75) is 6.61 Å². The monoisotopic (exact) mass is 377 g/mol. The highest BCUT2D eigenvalue weighted by Gasteiger charge is 2.11. The zero-order valence-electron chi connectivity index (χ0n) is 14.5. The van der Waals surface area contributed by atoms with Crippen molar-refractivity contribution in [3.8, 4) is 5.75 Å². The summed E-state index contributed by atoms with van der Waals surface area (Å²) in [6.07, 6.45) is 3.38. The molecule has 8 heteroatoms. The van der Waals surface area contributed by atoms with E-state index in [1.807, 2.05) is 12.1 Å². The molecule has 1 aromatic heterocycles. The van der Waals surface area contributed by atoms with E-state index >= 15 is 0 Å². The van der Waals surface area contributed by atoms with Crippen molar-refractivity contribution in [1.29, 1.82) is 0 Å². The normalized spacial score (nSPS) is 10.7. The van der Waals surface area contributed by atoms with Crippen LogP contribution in [0, 0.1) is 0 Å². The summed E-state index contributed by atoms with van der Waals surface area (Å²) in [7, 11) is 0. The highest BCUT2D eigenvalue weighted by molar-refractivity contribution is 5.95. The first-order chi connectivity index (χ1) is 13.5. The molecule has 0 unspecified atom stereocenters. The molecular weight excluding hydrogens is 362 g/mol. The van der Waals surface area contributed by atoms with E-state index in [0.29, 0.717) is 18.0 Å². The molecule has 0 aliphatic carbocycles. The summed E-state index contributed by atoms with van der Waals surface area (Å²) in [6.45, 7) is 0.406. The molecule has 0 spiro atoms. The third-order valence-corrected chi connectivity index (χ3v) is 3.68. The van der Waals surface area contributed by atoms with Crippen LogP contribution in [0.15, 0.2) is 77.2 Å². The number of carbonyl (C=O) groups is 2. The van der Waals surface area contributed by atoms with Gasteiger partial charge in [0.05, 0.1) is 22.5 Å². The molecule has 140 valence electrons. The third-order valence-electron chi connectivity index (χ3n) is 3.68. The van der Waals surface area contributed by atoms with Crippen LogP contribution in [0.1, 0.15) is 26.3 Å². The van der Waals surface area contributed by atoms with Crippen LogP contribution in [0.3, 0.4) is 0 Å². The molecule has 0 fully saturated rings. The summed E-state index contributed by atoms with van der Waals surface area (Å²) in [5, 5.41) is 26.1. The summed E-state index contributed by atoms with van der Waals surface area (Å²) in [4.78, 5) is 26.2. The van der Waals surface area contributed by atoms with E-state index in [2.05, 4.69) is 15.2 Å². The van der Waals surface area contributed by atoms with E-state index in [-0.39, 0.29) is 16.8 Å². The molecule has 0 amide bonds. The molecule has 0 atom stereocenters. The average Bonchev–Trinajstić information content (AvgIpc) is 2.72. The highest BCUT2D eigenvalue weighted by atomic mass is 16.5. The molecule has 0 saturated carbocycles. The van der Waals surface area contributed by atoms with Gasteiger partial charge in [0.2, 0.25) is 0 Å². The number of carboxylic acid groups (broad SMARTS) is 2. The molecule has 0 radical (unpaired) electrons. The number of ether oxygens (including phenoxy) is 1. The van der Waals surface area contributed by atoms with Crippen LogP contribution in [0.25, 0.3) is 0 Å². The van der Waals surface area contributed by atoms with Gasteiger partial charge in [-0.1, -0.05) is 0 Å². The number of pyridine rings is 1. The van der Waals surface area contributed by atoms with Gasteiger partial charge < -0.3 is 14.9 Å². The van der Waals surface area contributed by atoms with Gasteiger partial charge in [-0.3, -0.25) is 4.98 Å². The van der Waals surface area contributed by atoms with E-state index < -0.39 is 11.9 Å². The predicted octanol–water partition coefficient (Wildman–Crippen LogP) is 4.47.